The number of hydrogen-bond donors (Lipinski definition) is 1. The maximum absolute atomic E-state index is 11.0. The van der Waals surface area contributed by atoms with Crippen LogP contribution in [0.15, 0.2) is 22.8 Å². The van der Waals surface area contributed by atoms with Gasteiger partial charge in [-0.3, -0.25) is 10.1 Å². The number of aromatic nitrogens is 1. The molecular formula is C11H9BrClN3O2S. The minimum absolute atomic E-state index is 0.0762. The Labute approximate surface area is 126 Å². The lowest BCUT2D eigenvalue weighted by Gasteiger charge is -2.09. The van der Waals surface area contributed by atoms with Crippen LogP contribution >= 0.6 is 38.9 Å². The number of hydrogen-bond acceptors (Lipinski definition) is 5. The Bertz CT molecular complexity index is 632. The molecule has 19 heavy (non-hydrogen) atoms. The topological polar surface area (TPSA) is 68.1 Å². The first-order valence-electron chi connectivity index (χ1n) is 5.26. The predicted octanol–water partition coefficient (Wildman–Crippen LogP) is 4.39. The van der Waals surface area contributed by atoms with Gasteiger partial charge < -0.3 is 5.32 Å². The van der Waals surface area contributed by atoms with E-state index in [1.807, 2.05) is 0 Å². The average molecular weight is 363 g/mol. The van der Waals surface area contributed by atoms with E-state index in [4.69, 9.17) is 11.6 Å². The largest absolute Gasteiger partial charge is 0.380 e. The highest BCUT2D eigenvalue weighted by Gasteiger charge is 2.18. The van der Waals surface area contributed by atoms with E-state index >= 15 is 0 Å². The highest BCUT2D eigenvalue weighted by molar-refractivity contribution is 9.10. The Hall–Kier alpha value is -1.18. The van der Waals surface area contributed by atoms with Crippen LogP contribution in [0, 0.1) is 17.0 Å². The van der Waals surface area contributed by atoms with E-state index in [1.54, 1.807) is 25.3 Å². The standard InChI is InChI=1S/C11H9BrClN3O2S/c1-6-9(3-2-8(12)10(6)16(17)18)14-4-7-5-15-11(13)19-7/h2-3,5,14H,4H2,1H3. The van der Waals surface area contributed by atoms with Gasteiger partial charge in [0.05, 0.1) is 21.5 Å². The van der Waals surface area contributed by atoms with Crippen molar-refractivity contribution in [2.45, 2.75) is 13.5 Å². The van der Waals surface area contributed by atoms with Crippen molar-refractivity contribution in [3.8, 4) is 0 Å². The molecule has 0 radical (unpaired) electrons. The minimum Gasteiger partial charge on any atom is -0.380 e. The number of anilines is 1. The van der Waals surface area contributed by atoms with Crippen molar-refractivity contribution in [1.82, 2.24) is 4.98 Å². The summed E-state index contributed by atoms with van der Waals surface area (Å²) < 4.78 is 0.955. The SMILES string of the molecule is Cc1c(NCc2cnc(Cl)s2)ccc(Br)c1[N+](=O)[O-]. The molecule has 0 unspecified atom stereocenters. The molecule has 0 saturated heterocycles. The van der Waals surface area contributed by atoms with Crippen LogP contribution < -0.4 is 5.32 Å². The van der Waals surface area contributed by atoms with Crippen molar-refractivity contribution in [2.24, 2.45) is 0 Å². The summed E-state index contributed by atoms with van der Waals surface area (Å²) in [6.45, 7) is 2.24. The van der Waals surface area contributed by atoms with Gasteiger partial charge in [0, 0.05) is 16.8 Å². The zero-order valence-electron chi connectivity index (χ0n) is 9.81. The zero-order valence-corrected chi connectivity index (χ0v) is 13.0. The van der Waals surface area contributed by atoms with Gasteiger partial charge in [0.2, 0.25) is 0 Å². The Morgan fingerprint density at radius 2 is 2.32 bits per heavy atom. The van der Waals surface area contributed by atoms with Crippen LogP contribution in [-0.2, 0) is 6.54 Å². The van der Waals surface area contributed by atoms with Crippen LogP contribution in [0.25, 0.3) is 0 Å². The van der Waals surface area contributed by atoms with Crippen molar-refractivity contribution in [1.29, 1.82) is 0 Å². The molecule has 0 spiro atoms. The molecule has 0 aliphatic heterocycles. The molecule has 100 valence electrons. The summed E-state index contributed by atoms with van der Waals surface area (Å²) >= 11 is 10.3. The molecule has 0 amide bonds. The fourth-order valence-corrected chi connectivity index (χ4v) is 3.12. The van der Waals surface area contributed by atoms with Gasteiger partial charge in [-0.05, 0) is 35.0 Å². The maximum Gasteiger partial charge on any atom is 0.288 e. The van der Waals surface area contributed by atoms with Crippen molar-refractivity contribution in [3.63, 3.8) is 0 Å². The average Bonchev–Trinajstić information content (AvgIpc) is 2.74. The molecule has 0 bridgehead atoms. The smallest absolute Gasteiger partial charge is 0.288 e. The number of nitro benzene ring substituents is 1. The molecule has 0 saturated carbocycles. The molecule has 5 nitrogen and oxygen atoms in total. The molecule has 1 heterocycles. The number of rotatable bonds is 4. The van der Waals surface area contributed by atoms with Crippen molar-refractivity contribution in [3.05, 3.63) is 47.8 Å². The van der Waals surface area contributed by atoms with E-state index in [2.05, 4.69) is 26.2 Å². The van der Waals surface area contributed by atoms with Gasteiger partial charge in [0.1, 0.15) is 0 Å². The Balaban J connectivity index is 2.21. The molecule has 2 aromatic rings. The van der Waals surface area contributed by atoms with Crippen molar-refractivity contribution in [2.75, 3.05) is 5.32 Å². The number of benzene rings is 1. The first kappa shape index (κ1) is 14.2. The lowest BCUT2D eigenvalue weighted by atomic mass is 10.1. The van der Waals surface area contributed by atoms with Gasteiger partial charge in [-0.1, -0.05) is 11.6 Å². The second kappa shape index (κ2) is 5.85. The van der Waals surface area contributed by atoms with E-state index in [-0.39, 0.29) is 5.69 Å². The molecule has 0 aliphatic rings. The van der Waals surface area contributed by atoms with Gasteiger partial charge in [0.25, 0.3) is 5.69 Å². The predicted molar refractivity (Wildman–Crippen MR) is 80.0 cm³/mol. The van der Waals surface area contributed by atoms with Crippen molar-refractivity contribution >= 4 is 50.2 Å². The molecule has 0 fully saturated rings. The van der Waals surface area contributed by atoms with E-state index in [1.165, 1.54) is 11.3 Å². The molecule has 2 rings (SSSR count). The van der Waals surface area contributed by atoms with Gasteiger partial charge >= 0.3 is 0 Å². The lowest BCUT2D eigenvalue weighted by Crippen LogP contribution is -2.02. The van der Waals surface area contributed by atoms with E-state index < -0.39 is 4.92 Å². The van der Waals surface area contributed by atoms with Crippen LogP contribution in [0.5, 0.6) is 0 Å². The monoisotopic (exact) mass is 361 g/mol. The zero-order chi connectivity index (χ0) is 14.0. The molecule has 0 aliphatic carbocycles. The molecule has 1 N–H and O–H groups in total. The Morgan fingerprint density at radius 1 is 1.58 bits per heavy atom. The van der Waals surface area contributed by atoms with Crippen LogP contribution in [0.2, 0.25) is 4.47 Å². The summed E-state index contributed by atoms with van der Waals surface area (Å²) in [5, 5.41) is 14.1. The van der Waals surface area contributed by atoms with Crippen LogP contribution in [0.3, 0.4) is 0 Å². The number of nitrogens with one attached hydrogen (secondary N) is 1. The Morgan fingerprint density at radius 3 is 2.89 bits per heavy atom. The molecule has 1 aromatic carbocycles. The summed E-state index contributed by atoms with van der Waals surface area (Å²) in [5.41, 5.74) is 1.39. The minimum atomic E-state index is -0.395. The normalized spacial score (nSPS) is 10.5. The van der Waals surface area contributed by atoms with Crippen molar-refractivity contribution < 1.29 is 4.92 Å². The van der Waals surface area contributed by atoms with Gasteiger partial charge in [0.15, 0.2) is 4.47 Å². The Kier molecular flexibility index (Phi) is 4.38. The number of nitrogens with zero attached hydrogens (tertiary/aromatic N) is 2. The number of halogens is 2. The van der Waals surface area contributed by atoms with Crippen LogP contribution in [-0.4, -0.2) is 9.91 Å². The quantitative estimate of drug-likeness (QED) is 0.647. The highest BCUT2D eigenvalue weighted by Crippen LogP contribution is 2.33. The molecule has 8 heteroatoms. The van der Waals surface area contributed by atoms with Gasteiger partial charge in [-0.15, -0.1) is 11.3 Å². The maximum atomic E-state index is 11.0. The third-order valence-corrected chi connectivity index (χ3v) is 4.30. The second-order valence-electron chi connectivity index (χ2n) is 3.76. The third-order valence-electron chi connectivity index (χ3n) is 2.54. The van der Waals surface area contributed by atoms with Crippen LogP contribution in [0.4, 0.5) is 11.4 Å². The molecule has 1 aromatic heterocycles. The lowest BCUT2D eigenvalue weighted by molar-refractivity contribution is -0.386. The summed E-state index contributed by atoms with van der Waals surface area (Å²) in [4.78, 5) is 15.5. The molecular weight excluding hydrogens is 354 g/mol. The van der Waals surface area contributed by atoms with E-state index in [0.29, 0.717) is 21.0 Å². The molecule has 0 atom stereocenters. The van der Waals surface area contributed by atoms with E-state index in [9.17, 15) is 10.1 Å². The fraction of sp³-hybridized carbons (Fsp3) is 0.182. The number of thiazole rings is 1. The first-order valence-corrected chi connectivity index (χ1v) is 7.25. The first-order chi connectivity index (χ1) is 8.99. The number of nitro groups is 1. The summed E-state index contributed by atoms with van der Waals surface area (Å²) in [5.74, 6) is 0. The van der Waals surface area contributed by atoms with Gasteiger partial charge in [-0.2, -0.15) is 0 Å². The third kappa shape index (κ3) is 3.23. The van der Waals surface area contributed by atoms with Crippen LogP contribution in [0.1, 0.15) is 10.4 Å². The summed E-state index contributed by atoms with van der Waals surface area (Å²) in [6, 6.07) is 3.46. The highest BCUT2D eigenvalue weighted by atomic mass is 79.9. The summed E-state index contributed by atoms with van der Waals surface area (Å²) in [7, 11) is 0. The fourth-order valence-electron chi connectivity index (χ4n) is 1.63. The van der Waals surface area contributed by atoms with Gasteiger partial charge in [-0.25, -0.2) is 4.98 Å². The van der Waals surface area contributed by atoms with E-state index in [0.717, 1.165) is 10.6 Å². The summed E-state index contributed by atoms with van der Waals surface area (Å²) in [6.07, 6.45) is 1.68. The second-order valence-corrected chi connectivity index (χ2v) is 6.31.